The number of halogens is 2. The number of nitrogens with zero attached hydrogens (tertiary/aromatic N) is 2. The standard InChI is InChI=1S/C22H16F2N4O5S3/c23-14-2-1-11(6-15(14)24)12-5-13(35-9-12)7-16-20(30)28(22(34)36-16)4-3-17(29)27-19(21(31)32)33-18-8-25-10-26-18/h1-2,5-10,19H,3-4H2,(H,25,26)(H,27,29)(H,31,32)/t19-/m0/s1. The van der Waals surface area contributed by atoms with E-state index in [9.17, 15) is 28.3 Å². The molecular formula is C22H16F2N4O5S3. The fourth-order valence-electron chi connectivity index (χ4n) is 3.09. The van der Waals surface area contributed by atoms with E-state index >= 15 is 0 Å². The number of carbonyl (C=O) groups excluding carboxylic acids is 2. The highest BCUT2D eigenvalue weighted by Crippen LogP contribution is 2.35. The van der Waals surface area contributed by atoms with Gasteiger partial charge in [0.25, 0.3) is 12.1 Å². The first-order chi connectivity index (χ1) is 17.2. The second-order valence-electron chi connectivity index (χ2n) is 7.27. The molecule has 1 atom stereocenters. The first-order valence-electron chi connectivity index (χ1n) is 10.2. The molecule has 1 aromatic carbocycles. The summed E-state index contributed by atoms with van der Waals surface area (Å²) in [5.41, 5.74) is 1.17. The van der Waals surface area contributed by atoms with Crippen LogP contribution in [0.15, 0.2) is 47.1 Å². The van der Waals surface area contributed by atoms with E-state index in [0.29, 0.717) is 20.9 Å². The molecule has 0 radical (unpaired) electrons. The van der Waals surface area contributed by atoms with Crippen molar-refractivity contribution in [2.45, 2.75) is 12.6 Å². The number of hydrogen-bond donors (Lipinski definition) is 3. The van der Waals surface area contributed by atoms with Crippen LogP contribution in [0.1, 0.15) is 11.3 Å². The van der Waals surface area contributed by atoms with Crippen LogP contribution < -0.4 is 10.1 Å². The van der Waals surface area contributed by atoms with E-state index in [-0.39, 0.29) is 23.2 Å². The number of aromatic nitrogens is 2. The highest BCUT2D eigenvalue weighted by atomic mass is 32.2. The van der Waals surface area contributed by atoms with Gasteiger partial charge in [0, 0.05) is 17.8 Å². The van der Waals surface area contributed by atoms with Crippen LogP contribution in [0.25, 0.3) is 17.2 Å². The molecule has 36 heavy (non-hydrogen) atoms. The molecule has 186 valence electrons. The first kappa shape index (κ1) is 25.5. The van der Waals surface area contributed by atoms with Gasteiger partial charge in [-0.2, -0.15) is 0 Å². The first-order valence-corrected chi connectivity index (χ1v) is 12.3. The van der Waals surface area contributed by atoms with E-state index < -0.39 is 35.6 Å². The third kappa shape index (κ3) is 5.95. The Hall–Kier alpha value is -3.62. The fraction of sp³-hybridized carbons (Fsp3) is 0.136. The minimum atomic E-state index is -1.65. The van der Waals surface area contributed by atoms with Gasteiger partial charge in [-0.05, 0) is 40.8 Å². The Bertz CT molecular complexity index is 1360. The fourth-order valence-corrected chi connectivity index (χ4v) is 5.31. The van der Waals surface area contributed by atoms with E-state index in [1.54, 1.807) is 17.5 Å². The van der Waals surface area contributed by atoms with E-state index in [0.717, 1.165) is 23.9 Å². The Morgan fingerprint density at radius 1 is 1.28 bits per heavy atom. The summed E-state index contributed by atoms with van der Waals surface area (Å²) in [5.74, 6) is -4.29. The van der Waals surface area contributed by atoms with Gasteiger partial charge in [-0.3, -0.25) is 14.5 Å². The van der Waals surface area contributed by atoms with Gasteiger partial charge in [-0.25, -0.2) is 18.6 Å². The molecule has 2 aromatic heterocycles. The van der Waals surface area contributed by atoms with Gasteiger partial charge >= 0.3 is 5.97 Å². The third-order valence-electron chi connectivity index (χ3n) is 4.82. The molecule has 9 nitrogen and oxygen atoms in total. The summed E-state index contributed by atoms with van der Waals surface area (Å²) in [4.78, 5) is 45.0. The second-order valence-corrected chi connectivity index (χ2v) is 9.89. The molecule has 1 fully saturated rings. The number of hydrogen-bond acceptors (Lipinski definition) is 8. The van der Waals surface area contributed by atoms with Crippen LogP contribution >= 0.6 is 35.3 Å². The maximum Gasteiger partial charge on any atom is 0.366 e. The van der Waals surface area contributed by atoms with Gasteiger partial charge in [0.15, 0.2) is 11.6 Å². The molecule has 1 aliphatic heterocycles. The summed E-state index contributed by atoms with van der Waals surface area (Å²) in [6.07, 6.45) is 2.31. The molecule has 0 saturated carbocycles. The van der Waals surface area contributed by atoms with Crippen molar-refractivity contribution in [1.29, 1.82) is 0 Å². The number of ether oxygens (including phenoxy) is 1. The zero-order valence-corrected chi connectivity index (χ0v) is 20.5. The van der Waals surface area contributed by atoms with E-state index in [4.69, 9.17) is 17.0 Å². The molecule has 4 rings (SSSR count). The summed E-state index contributed by atoms with van der Waals surface area (Å²) in [6.45, 7) is -0.0607. The lowest BCUT2D eigenvalue weighted by atomic mass is 10.1. The van der Waals surface area contributed by atoms with Crippen LogP contribution in [0.2, 0.25) is 0 Å². The van der Waals surface area contributed by atoms with Crippen molar-refractivity contribution in [1.82, 2.24) is 20.2 Å². The van der Waals surface area contributed by atoms with E-state index in [2.05, 4.69) is 15.3 Å². The number of carboxylic acids is 1. The molecule has 1 saturated heterocycles. The molecule has 0 aliphatic carbocycles. The van der Waals surface area contributed by atoms with Crippen LogP contribution in [0, 0.1) is 11.6 Å². The van der Waals surface area contributed by atoms with Crippen molar-refractivity contribution in [3.63, 3.8) is 0 Å². The number of imidazole rings is 1. The van der Waals surface area contributed by atoms with Crippen molar-refractivity contribution < 1.29 is 33.0 Å². The molecule has 3 aromatic rings. The monoisotopic (exact) mass is 550 g/mol. The number of H-pyrrole nitrogens is 1. The highest BCUT2D eigenvalue weighted by Gasteiger charge is 2.32. The summed E-state index contributed by atoms with van der Waals surface area (Å²) in [7, 11) is 0. The second kappa shape index (κ2) is 11.0. The average molecular weight is 551 g/mol. The highest BCUT2D eigenvalue weighted by molar-refractivity contribution is 8.26. The molecule has 0 unspecified atom stereocenters. The summed E-state index contributed by atoms with van der Waals surface area (Å²) < 4.78 is 32.1. The maximum atomic E-state index is 13.5. The van der Waals surface area contributed by atoms with Crippen molar-refractivity contribution in [2.24, 2.45) is 0 Å². The number of amides is 2. The minimum Gasteiger partial charge on any atom is -0.477 e. The van der Waals surface area contributed by atoms with Crippen LogP contribution in [-0.2, 0) is 14.4 Å². The zero-order valence-electron chi connectivity index (χ0n) is 18.1. The summed E-state index contributed by atoms with van der Waals surface area (Å²) in [5, 5.41) is 13.2. The SMILES string of the molecule is O=C(CCN1C(=O)C(=Cc2cc(-c3ccc(F)c(F)c3)cs2)SC1=S)N[C@@H](Oc1cnc[nH]1)C(=O)O. The number of thiophene rings is 1. The predicted octanol–water partition coefficient (Wildman–Crippen LogP) is 3.61. The smallest absolute Gasteiger partial charge is 0.366 e. The number of aromatic amines is 1. The number of benzene rings is 1. The van der Waals surface area contributed by atoms with Crippen LogP contribution in [0.5, 0.6) is 5.88 Å². The predicted molar refractivity (Wildman–Crippen MR) is 133 cm³/mol. The number of thiocarbonyl (C=S) groups is 1. The molecule has 2 amide bonds. The van der Waals surface area contributed by atoms with Gasteiger partial charge < -0.3 is 20.1 Å². The number of rotatable bonds is 9. The van der Waals surface area contributed by atoms with Gasteiger partial charge in [-0.15, -0.1) is 11.3 Å². The minimum absolute atomic E-state index is 0.0607. The lowest BCUT2D eigenvalue weighted by molar-refractivity contribution is -0.149. The van der Waals surface area contributed by atoms with Gasteiger partial charge in [0.2, 0.25) is 11.8 Å². The summed E-state index contributed by atoms with van der Waals surface area (Å²) in [6, 6.07) is 5.35. The molecule has 3 N–H and O–H groups in total. The summed E-state index contributed by atoms with van der Waals surface area (Å²) >= 11 is 7.65. The maximum absolute atomic E-state index is 13.5. The van der Waals surface area contributed by atoms with E-state index in [1.807, 2.05) is 0 Å². The Labute approximate surface area is 216 Å². The van der Waals surface area contributed by atoms with Gasteiger partial charge in [0.05, 0.1) is 17.4 Å². The number of carbonyl (C=O) groups is 3. The van der Waals surface area contributed by atoms with Crippen molar-refractivity contribution in [3.05, 3.63) is 63.6 Å². The number of thioether (sulfide) groups is 1. The largest absolute Gasteiger partial charge is 0.477 e. The van der Waals surface area contributed by atoms with E-state index in [1.165, 1.54) is 34.8 Å². The quantitative estimate of drug-likeness (QED) is 0.210. The Balaban J connectivity index is 1.36. The van der Waals surface area contributed by atoms with Crippen LogP contribution in [0.3, 0.4) is 0 Å². The molecular weight excluding hydrogens is 534 g/mol. The molecule has 3 heterocycles. The molecule has 0 spiro atoms. The zero-order chi connectivity index (χ0) is 25.8. The van der Waals surface area contributed by atoms with Crippen molar-refractivity contribution in [2.75, 3.05) is 6.54 Å². The lowest BCUT2D eigenvalue weighted by Gasteiger charge is -2.17. The topological polar surface area (TPSA) is 125 Å². The van der Waals surface area contributed by atoms with Crippen molar-refractivity contribution in [3.8, 4) is 17.0 Å². The van der Waals surface area contributed by atoms with Crippen molar-refractivity contribution >= 4 is 63.5 Å². The Morgan fingerprint density at radius 2 is 2.08 bits per heavy atom. The Kier molecular flexibility index (Phi) is 7.76. The third-order valence-corrected chi connectivity index (χ3v) is 7.07. The molecule has 1 aliphatic rings. The molecule has 14 heteroatoms. The molecule has 0 bridgehead atoms. The van der Waals surface area contributed by atoms with Gasteiger partial charge in [-0.1, -0.05) is 30.0 Å². The number of carboxylic acid groups (broad SMARTS) is 1. The number of nitrogens with one attached hydrogen (secondary N) is 2. The number of aliphatic carboxylic acids is 1. The van der Waals surface area contributed by atoms with Crippen LogP contribution in [-0.4, -0.2) is 54.9 Å². The normalized spacial score (nSPS) is 15.4. The van der Waals surface area contributed by atoms with Gasteiger partial charge in [0.1, 0.15) is 4.32 Å². The lowest BCUT2D eigenvalue weighted by Crippen LogP contribution is -2.46. The Morgan fingerprint density at radius 3 is 2.78 bits per heavy atom. The van der Waals surface area contributed by atoms with Crippen LogP contribution in [0.4, 0.5) is 8.78 Å². The average Bonchev–Trinajstić information content (AvgIpc) is 3.57.